The molecule has 0 saturated carbocycles. The predicted molar refractivity (Wildman–Crippen MR) is 71.9 cm³/mol. The number of benzene rings is 1. The van der Waals surface area contributed by atoms with E-state index in [2.05, 4.69) is 15.3 Å². The van der Waals surface area contributed by atoms with Crippen LogP contribution in [0.25, 0.3) is 11.1 Å². The zero-order valence-corrected chi connectivity index (χ0v) is 10.1. The van der Waals surface area contributed by atoms with E-state index in [9.17, 15) is 14.4 Å². The summed E-state index contributed by atoms with van der Waals surface area (Å²) in [5.41, 5.74) is 1.27. The van der Waals surface area contributed by atoms with E-state index in [1.807, 2.05) is 0 Å². The minimum absolute atomic E-state index is 0.245. The van der Waals surface area contributed by atoms with Gasteiger partial charge in [0.15, 0.2) is 5.58 Å². The average molecular weight is 271 g/mol. The fraction of sp³-hybridized carbons (Fsp3) is 0. The second-order valence-electron chi connectivity index (χ2n) is 4.12. The summed E-state index contributed by atoms with van der Waals surface area (Å²) < 4.78 is 4.86. The zero-order valence-electron chi connectivity index (χ0n) is 10.1. The molecule has 100 valence electrons. The molecular formula is C13H9N3O4. The van der Waals surface area contributed by atoms with Gasteiger partial charge in [0.25, 0.3) is 5.91 Å². The number of pyridine rings is 1. The van der Waals surface area contributed by atoms with Crippen molar-refractivity contribution < 1.29 is 9.21 Å². The van der Waals surface area contributed by atoms with Crippen LogP contribution >= 0.6 is 0 Å². The van der Waals surface area contributed by atoms with Crippen molar-refractivity contribution in [3.8, 4) is 0 Å². The molecule has 0 spiro atoms. The van der Waals surface area contributed by atoms with E-state index in [4.69, 9.17) is 4.42 Å². The molecule has 0 aliphatic carbocycles. The zero-order chi connectivity index (χ0) is 14.1. The Kier molecular flexibility index (Phi) is 2.72. The summed E-state index contributed by atoms with van der Waals surface area (Å²) in [7, 11) is 0. The number of H-pyrrole nitrogens is 2. The average Bonchev–Trinajstić information content (AvgIpc) is 2.78. The van der Waals surface area contributed by atoms with Crippen molar-refractivity contribution in [1.82, 2.24) is 9.97 Å². The van der Waals surface area contributed by atoms with Crippen molar-refractivity contribution >= 4 is 22.7 Å². The van der Waals surface area contributed by atoms with Gasteiger partial charge in [0.05, 0.1) is 5.52 Å². The number of anilines is 1. The third-order valence-corrected chi connectivity index (χ3v) is 2.71. The van der Waals surface area contributed by atoms with Gasteiger partial charge >= 0.3 is 5.76 Å². The molecule has 0 saturated heterocycles. The lowest BCUT2D eigenvalue weighted by atomic mass is 10.2. The number of aromatic amines is 2. The highest BCUT2D eigenvalue weighted by molar-refractivity contribution is 6.04. The van der Waals surface area contributed by atoms with Gasteiger partial charge in [0, 0.05) is 23.5 Å². The Bertz CT molecular complexity index is 903. The second-order valence-corrected chi connectivity index (χ2v) is 4.12. The van der Waals surface area contributed by atoms with Crippen molar-refractivity contribution in [1.29, 1.82) is 0 Å². The summed E-state index contributed by atoms with van der Waals surface area (Å²) in [6.45, 7) is 0. The van der Waals surface area contributed by atoms with Crippen LogP contribution in [0.5, 0.6) is 0 Å². The van der Waals surface area contributed by atoms with Crippen molar-refractivity contribution in [2.45, 2.75) is 0 Å². The Hall–Kier alpha value is -3.09. The molecule has 1 aromatic carbocycles. The maximum absolute atomic E-state index is 11.9. The molecule has 7 heteroatoms. The summed E-state index contributed by atoms with van der Waals surface area (Å²) in [6.07, 6.45) is 1.40. The first kappa shape index (κ1) is 12.0. The summed E-state index contributed by atoms with van der Waals surface area (Å²) in [4.78, 5) is 39.0. The lowest BCUT2D eigenvalue weighted by Crippen LogP contribution is -2.15. The van der Waals surface area contributed by atoms with E-state index < -0.39 is 11.7 Å². The molecule has 2 aromatic heterocycles. The summed E-state index contributed by atoms with van der Waals surface area (Å²) in [5, 5.41) is 2.63. The monoisotopic (exact) mass is 271 g/mol. The van der Waals surface area contributed by atoms with Gasteiger partial charge in [-0.3, -0.25) is 14.6 Å². The first-order valence-corrected chi connectivity index (χ1v) is 5.75. The molecule has 1 amide bonds. The number of aromatic nitrogens is 2. The van der Waals surface area contributed by atoms with E-state index >= 15 is 0 Å². The Morgan fingerprint density at radius 1 is 1.15 bits per heavy atom. The van der Waals surface area contributed by atoms with Crippen LogP contribution in [0, 0.1) is 0 Å². The highest BCUT2D eigenvalue weighted by Gasteiger charge is 2.08. The van der Waals surface area contributed by atoms with Gasteiger partial charge in [0.2, 0.25) is 5.56 Å². The summed E-state index contributed by atoms with van der Waals surface area (Å²) >= 11 is 0. The van der Waals surface area contributed by atoms with Crippen LogP contribution in [0.15, 0.2) is 50.5 Å². The Morgan fingerprint density at radius 2 is 2.00 bits per heavy atom. The van der Waals surface area contributed by atoms with Crippen LogP contribution in [0.2, 0.25) is 0 Å². The molecule has 3 aromatic rings. The highest BCUT2D eigenvalue weighted by atomic mass is 16.4. The lowest BCUT2D eigenvalue weighted by Gasteiger charge is -2.04. The Morgan fingerprint density at radius 3 is 2.80 bits per heavy atom. The molecule has 3 rings (SSSR count). The minimum Gasteiger partial charge on any atom is -0.408 e. The van der Waals surface area contributed by atoms with E-state index in [0.29, 0.717) is 16.8 Å². The second kappa shape index (κ2) is 4.54. The third-order valence-electron chi connectivity index (χ3n) is 2.71. The van der Waals surface area contributed by atoms with Gasteiger partial charge in [-0.2, -0.15) is 0 Å². The van der Waals surface area contributed by atoms with Crippen molar-refractivity contribution in [3.05, 3.63) is 63.0 Å². The summed E-state index contributed by atoms with van der Waals surface area (Å²) in [6, 6.07) is 7.44. The standard InChI is InChI=1S/C13H9N3O4/c17-11-5-7(3-4-14-11)12(18)15-8-1-2-10-9(6-8)16-13(19)20-10/h1-6H,(H,14,17)(H,15,18)(H,16,19). The maximum Gasteiger partial charge on any atom is 0.417 e. The highest BCUT2D eigenvalue weighted by Crippen LogP contribution is 2.16. The maximum atomic E-state index is 11.9. The first-order valence-electron chi connectivity index (χ1n) is 5.75. The predicted octanol–water partition coefficient (Wildman–Crippen LogP) is 1.06. The van der Waals surface area contributed by atoms with Gasteiger partial charge in [-0.25, -0.2) is 4.79 Å². The number of nitrogens with one attached hydrogen (secondary N) is 3. The molecule has 0 aliphatic rings. The minimum atomic E-state index is -0.557. The molecule has 7 nitrogen and oxygen atoms in total. The largest absolute Gasteiger partial charge is 0.417 e. The topological polar surface area (TPSA) is 108 Å². The number of oxazole rings is 1. The number of hydrogen-bond donors (Lipinski definition) is 3. The molecule has 2 heterocycles. The smallest absolute Gasteiger partial charge is 0.408 e. The van der Waals surface area contributed by atoms with Crippen LogP contribution in [-0.4, -0.2) is 15.9 Å². The molecule has 0 bridgehead atoms. The third kappa shape index (κ3) is 2.24. The number of amides is 1. The number of rotatable bonds is 2. The van der Waals surface area contributed by atoms with E-state index in [0.717, 1.165) is 0 Å². The molecule has 20 heavy (non-hydrogen) atoms. The van der Waals surface area contributed by atoms with Crippen molar-refractivity contribution in [2.75, 3.05) is 5.32 Å². The van der Waals surface area contributed by atoms with Crippen LogP contribution in [0.4, 0.5) is 5.69 Å². The number of fused-ring (bicyclic) bond motifs is 1. The molecule has 0 unspecified atom stereocenters. The van der Waals surface area contributed by atoms with Gasteiger partial charge in [-0.1, -0.05) is 0 Å². The van der Waals surface area contributed by atoms with Crippen molar-refractivity contribution in [3.63, 3.8) is 0 Å². The molecular weight excluding hydrogens is 262 g/mol. The van der Waals surface area contributed by atoms with Crippen LogP contribution in [0.3, 0.4) is 0 Å². The van der Waals surface area contributed by atoms with Gasteiger partial charge in [0.1, 0.15) is 0 Å². The van der Waals surface area contributed by atoms with Gasteiger partial charge in [-0.05, 0) is 24.3 Å². The van der Waals surface area contributed by atoms with Crippen LogP contribution < -0.4 is 16.6 Å². The van der Waals surface area contributed by atoms with E-state index in [1.54, 1.807) is 18.2 Å². The normalized spacial score (nSPS) is 10.6. The van der Waals surface area contributed by atoms with E-state index in [1.165, 1.54) is 18.3 Å². The van der Waals surface area contributed by atoms with Crippen LogP contribution in [-0.2, 0) is 0 Å². The molecule has 0 aliphatic heterocycles. The summed E-state index contributed by atoms with van der Waals surface area (Å²) in [5.74, 6) is -0.973. The molecule has 0 fully saturated rings. The van der Waals surface area contributed by atoms with Crippen LogP contribution in [0.1, 0.15) is 10.4 Å². The van der Waals surface area contributed by atoms with Gasteiger partial charge < -0.3 is 14.7 Å². The number of carbonyl (C=O) groups is 1. The number of carbonyl (C=O) groups excluding carboxylic acids is 1. The first-order chi connectivity index (χ1) is 9.61. The lowest BCUT2D eigenvalue weighted by molar-refractivity contribution is 0.102. The Labute approximate surface area is 111 Å². The fourth-order valence-electron chi connectivity index (χ4n) is 1.82. The molecule has 3 N–H and O–H groups in total. The quantitative estimate of drug-likeness (QED) is 0.647. The SMILES string of the molecule is O=C(Nc1ccc2oc(=O)[nH]c2c1)c1cc[nH]c(=O)c1. The van der Waals surface area contributed by atoms with Crippen molar-refractivity contribution in [2.24, 2.45) is 0 Å². The fourth-order valence-corrected chi connectivity index (χ4v) is 1.82. The molecule has 0 atom stereocenters. The van der Waals surface area contributed by atoms with E-state index in [-0.39, 0.29) is 11.1 Å². The number of hydrogen-bond acceptors (Lipinski definition) is 4. The molecule has 0 radical (unpaired) electrons. The van der Waals surface area contributed by atoms with Gasteiger partial charge in [-0.15, -0.1) is 0 Å². The Balaban J connectivity index is 1.90.